The molecule has 2 rings (SSSR count). The van der Waals surface area contributed by atoms with E-state index < -0.39 is 11.9 Å². The zero-order chi connectivity index (χ0) is 18.1. The molecule has 2 aromatic rings. The highest BCUT2D eigenvalue weighted by atomic mass is 35.5. The van der Waals surface area contributed by atoms with Gasteiger partial charge in [0.2, 0.25) is 0 Å². The lowest BCUT2D eigenvalue weighted by Crippen LogP contribution is -2.26. The maximum Gasteiger partial charge on any atom is 0.303 e. The number of carboxylic acid groups (broad SMARTS) is 1. The zero-order valence-corrected chi connectivity index (χ0v) is 14.1. The fourth-order valence-electron chi connectivity index (χ4n) is 1.96. The summed E-state index contributed by atoms with van der Waals surface area (Å²) < 4.78 is 5.32. The van der Waals surface area contributed by atoms with Gasteiger partial charge in [-0.05, 0) is 29.8 Å². The van der Waals surface area contributed by atoms with Gasteiger partial charge in [0.05, 0.1) is 12.1 Å². The van der Waals surface area contributed by atoms with Crippen molar-refractivity contribution < 1.29 is 19.4 Å². The molecule has 0 saturated heterocycles. The van der Waals surface area contributed by atoms with Gasteiger partial charge in [0.1, 0.15) is 5.75 Å². The van der Waals surface area contributed by atoms with Crippen molar-refractivity contribution in [2.45, 2.75) is 12.8 Å². The highest BCUT2D eigenvalue weighted by Gasteiger charge is 2.08. The molecule has 0 heterocycles. The summed E-state index contributed by atoms with van der Waals surface area (Å²) in [7, 11) is 0. The van der Waals surface area contributed by atoms with Crippen LogP contribution in [0.1, 0.15) is 18.4 Å². The molecule has 0 aliphatic heterocycles. The molecule has 0 spiro atoms. The van der Waals surface area contributed by atoms with E-state index in [-0.39, 0.29) is 19.4 Å². The van der Waals surface area contributed by atoms with Crippen LogP contribution in [0.5, 0.6) is 5.75 Å². The number of carbonyl (C=O) groups excluding carboxylic acids is 1. The first-order valence-corrected chi connectivity index (χ1v) is 7.93. The molecule has 0 atom stereocenters. The third-order valence-corrected chi connectivity index (χ3v) is 3.43. The molecule has 0 unspecified atom stereocenters. The fraction of sp³-hybridized carbons (Fsp3) is 0.167. The van der Waals surface area contributed by atoms with E-state index in [2.05, 4.69) is 10.5 Å². The van der Waals surface area contributed by atoms with Crippen LogP contribution in [0, 0.1) is 0 Å². The minimum absolute atomic E-state index is 0.0785. The predicted molar refractivity (Wildman–Crippen MR) is 94.9 cm³/mol. The number of nitrogens with one attached hydrogen (secondary N) is 1. The molecule has 0 bridgehead atoms. The van der Waals surface area contributed by atoms with Crippen molar-refractivity contribution >= 4 is 29.2 Å². The van der Waals surface area contributed by atoms with Gasteiger partial charge in [0, 0.05) is 11.4 Å². The lowest BCUT2D eigenvalue weighted by atomic mass is 10.1. The summed E-state index contributed by atoms with van der Waals surface area (Å²) in [4.78, 5) is 22.7. The molecular weight excluding hydrogens is 344 g/mol. The molecule has 1 amide bonds. The van der Waals surface area contributed by atoms with Crippen molar-refractivity contribution in [2.24, 2.45) is 5.10 Å². The van der Waals surface area contributed by atoms with Crippen LogP contribution in [-0.2, 0) is 9.59 Å². The molecule has 2 N–H and O–H groups in total. The Balaban J connectivity index is 1.95. The molecule has 0 radical (unpaired) electrons. The number of nitrogens with zero attached hydrogens (tertiary/aromatic N) is 1. The van der Waals surface area contributed by atoms with Gasteiger partial charge in [-0.1, -0.05) is 41.9 Å². The second-order valence-corrected chi connectivity index (χ2v) is 5.53. The van der Waals surface area contributed by atoms with Gasteiger partial charge in [0.25, 0.3) is 5.91 Å². The molecule has 2 aromatic carbocycles. The molecule has 0 aliphatic rings. The summed E-state index contributed by atoms with van der Waals surface area (Å²) in [6.45, 7) is -0.216. The van der Waals surface area contributed by atoms with E-state index in [1.54, 1.807) is 36.4 Å². The van der Waals surface area contributed by atoms with Crippen LogP contribution in [0.4, 0.5) is 0 Å². The van der Waals surface area contributed by atoms with Gasteiger partial charge in [-0.15, -0.1) is 0 Å². The molecule has 0 aliphatic carbocycles. The predicted octanol–water partition coefficient (Wildman–Crippen LogP) is 3.10. The number of hydrazone groups is 1. The number of carboxylic acids is 1. The van der Waals surface area contributed by atoms with Gasteiger partial charge in [0.15, 0.2) is 6.61 Å². The minimum atomic E-state index is -0.930. The number of benzene rings is 2. The minimum Gasteiger partial charge on any atom is -0.484 e. The fourth-order valence-corrected chi connectivity index (χ4v) is 2.09. The van der Waals surface area contributed by atoms with Crippen LogP contribution in [-0.4, -0.2) is 29.3 Å². The standard InChI is InChI=1S/C18H17ClN2O4/c19-14-6-8-15(9-7-14)25-12-17(22)21-20-16(10-11-18(23)24)13-4-2-1-3-5-13/h1-9H,10-12H2,(H,21,22)(H,23,24). The van der Waals surface area contributed by atoms with E-state index in [0.717, 1.165) is 5.56 Å². The van der Waals surface area contributed by atoms with Gasteiger partial charge in [-0.2, -0.15) is 5.10 Å². The first kappa shape index (κ1) is 18.5. The summed E-state index contributed by atoms with van der Waals surface area (Å²) >= 11 is 5.77. The van der Waals surface area contributed by atoms with Gasteiger partial charge in [-0.25, -0.2) is 5.43 Å². The van der Waals surface area contributed by atoms with E-state index in [0.29, 0.717) is 16.5 Å². The van der Waals surface area contributed by atoms with Crippen molar-refractivity contribution in [3.05, 3.63) is 65.2 Å². The van der Waals surface area contributed by atoms with Crippen molar-refractivity contribution in [1.82, 2.24) is 5.43 Å². The summed E-state index contributed by atoms with van der Waals surface area (Å²) in [5.74, 6) is -0.863. The first-order valence-electron chi connectivity index (χ1n) is 7.55. The molecule has 0 saturated carbocycles. The van der Waals surface area contributed by atoms with E-state index >= 15 is 0 Å². The highest BCUT2D eigenvalue weighted by Crippen LogP contribution is 2.15. The molecule has 0 fully saturated rings. The van der Waals surface area contributed by atoms with Crippen molar-refractivity contribution in [3.8, 4) is 5.75 Å². The zero-order valence-electron chi connectivity index (χ0n) is 13.3. The number of amides is 1. The summed E-state index contributed by atoms with van der Waals surface area (Å²) in [5, 5.41) is 13.5. The first-order chi connectivity index (χ1) is 12.0. The smallest absolute Gasteiger partial charge is 0.303 e. The number of aliphatic carboxylic acids is 1. The monoisotopic (exact) mass is 360 g/mol. The topological polar surface area (TPSA) is 88.0 Å². The van der Waals surface area contributed by atoms with Crippen LogP contribution >= 0.6 is 11.6 Å². The number of hydrogen-bond donors (Lipinski definition) is 2. The average Bonchev–Trinajstić information content (AvgIpc) is 2.62. The molecular formula is C18H17ClN2O4. The normalized spacial score (nSPS) is 11.0. The van der Waals surface area contributed by atoms with E-state index in [1.807, 2.05) is 18.2 Å². The third kappa shape index (κ3) is 6.64. The Morgan fingerprint density at radius 2 is 1.72 bits per heavy atom. The number of halogens is 1. The molecule has 6 nitrogen and oxygen atoms in total. The van der Waals surface area contributed by atoms with Crippen LogP contribution in [0.3, 0.4) is 0 Å². The van der Waals surface area contributed by atoms with Gasteiger partial charge < -0.3 is 9.84 Å². The maximum atomic E-state index is 11.9. The Bertz CT molecular complexity index is 745. The van der Waals surface area contributed by atoms with Crippen molar-refractivity contribution in [1.29, 1.82) is 0 Å². The lowest BCUT2D eigenvalue weighted by Gasteiger charge is -2.08. The number of ether oxygens (including phenoxy) is 1. The summed E-state index contributed by atoms with van der Waals surface area (Å²) in [6, 6.07) is 15.7. The van der Waals surface area contributed by atoms with Crippen LogP contribution in [0.25, 0.3) is 0 Å². The number of rotatable bonds is 8. The van der Waals surface area contributed by atoms with Crippen LogP contribution in [0.2, 0.25) is 5.02 Å². The number of hydrogen-bond acceptors (Lipinski definition) is 4. The largest absolute Gasteiger partial charge is 0.484 e. The van der Waals surface area contributed by atoms with Crippen molar-refractivity contribution in [2.75, 3.05) is 6.61 Å². The average molecular weight is 361 g/mol. The Morgan fingerprint density at radius 1 is 1.04 bits per heavy atom. The SMILES string of the molecule is O=C(O)CCC(=NNC(=O)COc1ccc(Cl)cc1)c1ccccc1. The van der Waals surface area contributed by atoms with E-state index in [4.69, 9.17) is 21.4 Å². The molecule has 0 aromatic heterocycles. The van der Waals surface area contributed by atoms with Crippen LogP contribution in [0.15, 0.2) is 59.7 Å². The lowest BCUT2D eigenvalue weighted by molar-refractivity contribution is -0.136. The summed E-state index contributed by atoms with van der Waals surface area (Å²) in [6.07, 6.45) is 0.128. The Labute approximate surface area is 150 Å². The highest BCUT2D eigenvalue weighted by molar-refractivity contribution is 6.30. The molecule has 130 valence electrons. The maximum absolute atomic E-state index is 11.9. The number of carbonyl (C=O) groups is 2. The van der Waals surface area contributed by atoms with Gasteiger partial charge >= 0.3 is 5.97 Å². The van der Waals surface area contributed by atoms with E-state index in [9.17, 15) is 9.59 Å². The molecule has 25 heavy (non-hydrogen) atoms. The second-order valence-electron chi connectivity index (χ2n) is 5.10. The molecule has 7 heteroatoms. The second kappa shape index (κ2) is 9.44. The van der Waals surface area contributed by atoms with E-state index in [1.165, 1.54) is 0 Å². The van der Waals surface area contributed by atoms with Crippen LogP contribution < -0.4 is 10.2 Å². The third-order valence-electron chi connectivity index (χ3n) is 3.18. The van der Waals surface area contributed by atoms with Gasteiger partial charge in [-0.3, -0.25) is 9.59 Å². The van der Waals surface area contributed by atoms with Crippen molar-refractivity contribution in [3.63, 3.8) is 0 Å². The Hall–Kier alpha value is -2.86. The quantitative estimate of drug-likeness (QED) is 0.559. The Kier molecular flexibility index (Phi) is 6.98. The Morgan fingerprint density at radius 3 is 2.36 bits per heavy atom. The summed E-state index contributed by atoms with van der Waals surface area (Å²) in [5.41, 5.74) is 3.63.